The molecule has 4 aromatic rings. The highest BCUT2D eigenvalue weighted by Gasteiger charge is 2.36. The Bertz CT molecular complexity index is 1470. The number of nitrogens with two attached hydrogens (primary N) is 11. The minimum Gasteiger partial charge on any atom is -0.398 e. The van der Waals surface area contributed by atoms with Crippen LogP contribution in [0.2, 0.25) is 0 Å². The van der Waals surface area contributed by atoms with Crippen LogP contribution in [0, 0.1) is 6.92 Å². The van der Waals surface area contributed by atoms with Crippen LogP contribution in [-0.4, -0.2) is 0 Å². The number of rotatable bonds is 0. The molecule has 32 heavy (non-hydrogen) atoms. The molecular formula is C21H25N11. The van der Waals surface area contributed by atoms with Crippen LogP contribution in [0.4, 0.5) is 62.6 Å². The zero-order chi connectivity index (χ0) is 23.5. The molecule has 0 unspecified atom stereocenters. The quantitative estimate of drug-likeness (QED) is 0.123. The molecule has 164 valence electrons. The predicted octanol–water partition coefficient (Wildman–Crippen LogP) is 1.35. The summed E-state index contributed by atoms with van der Waals surface area (Å²) in [5.74, 6) is 0. The molecule has 22 N–H and O–H groups in total. The first-order chi connectivity index (χ1) is 14.9. The molecular weight excluding hydrogens is 406 g/mol. The average molecular weight is 432 g/mol. The summed E-state index contributed by atoms with van der Waals surface area (Å²) in [5.41, 5.74) is 75.7. The van der Waals surface area contributed by atoms with E-state index < -0.39 is 0 Å². The fraction of sp³-hybridized carbons (Fsp3) is 0.0476. The first-order valence-corrected chi connectivity index (χ1v) is 9.68. The van der Waals surface area contributed by atoms with E-state index in [9.17, 15) is 0 Å². The Morgan fingerprint density at radius 1 is 0.281 bits per heavy atom. The van der Waals surface area contributed by atoms with Crippen LogP contribution in [0.3, 0.4) is 0 Å². The molecule has 11 nitrogen and oxygen atoms in total. The SMILES string of the molecule is Cc1c(N)c(N)c2c(N)c3c(c(N)c2c1N)-c1c(N)c(N)c(N)c2c(N)c(N)c(N)c-3c12. The molecule has 11 heteroatoms. The Labute approximate surface area is 182 Å². The van der Waals surface area contributed by atoms with Crippen molar-refractivity contribution in [2.75, 3.05) is 63.1 Å². The highest BCUT2D eigenvalue weighted by Crippen LogP contribution is 2.63. The third-order valence-corrected chi connectivity index (χ3v) is 6.70. The van der Waals surface area contributed by atoms with Gasteiger partial charge in [-0.3, -0.25) is 0 Å². The maximum absolute atomic E-state index is 6.70. The molecule has 1 aliphatic carbocycles. The van der Waals surface area contributed by atoms with E-state index in [1.165, 1.54) is 0 Å². The van der Waals surface area contributed by atoms with Crippen molar-refractivity contribution in [3.05, 3.63) is 5.56 Å². The molecule has 0 saturated heterocycles. The third kappa shape index (κ3) is 1.77. The Morgan fingerprint density at radius 3 is 1.06 bits per heavy atom. The van der Waals surface area contributed by atoms with E-state index in [-0.39, 0.29) is 45.5 Å². The predicted molar refractivity (Wildman–Crippen MR) is 139 cm³/mol. The summed E-state index contributed by atoms with van der Waals surface area (Å²) in [7, 11) is 0. The second-order valence-electron chi connectivity index (χ2n) is 8.18. The van der Waals surface area contributed by atoms with E-state index in [1.54, 1.807) is 6.92 Å². The third-order valence-electron chi connectivity index (χ3n) is 6.70. The Kier molecular flexibility index (Phi) is 3.27. The molecule has 0 aliphatic heterocycles. The van der Waals surface area contributed by atoms with Gasteiger partial charge in [-0.05, 0) is 12.5 Å². The van der Waals surface area contributed by atoms with Crippen LogP contribution < -0.4 is 63.1 Å². The molecule has 0 bridgehead atoms. The molecule has 0 amide bonds. The van der Waals surface area contributed by atoms with Gasteiger partial charge in [0.2, 0.25) is 0 Å². The van der Waals surface area contributed by atoms with Crippen molar-refractivity contribution < 1.29 is 0 Å². The first kappa shape index (κ1) is 19.2. The molecule has 5 rings (SSSR count). The van der Waals surface area contributed by atoms with Crippen molar-refractivity contribution in [1.82, 2.24) is 0 Å². The maximum Gasteiger partial charge on any atom is 0.0795 e. The van der Waals surface area contributed by atoms with E-state index >= 15 is 0 Å². The van der Waals surface area contributed by atoms with Gasteiger partial charge >= 0.3 is 0 Å². The van der Waals surface area contributed by atoms with E-state index in [2.05, 4.69) is 0 Å². The number of hydrogen-bond donors (Lipinski definition) is 11. The van der Waals surface area contributed by atoms with Gasteiger partial charge in [-0.15, -0.1) is 0 Å². The van der Waals surface area contributed by atoms with Gasteiger partial charge in [0.05, 0.1) is 56.9 Å². The monoisotopic (exact) mass is 431 g/mol. The lowest BCUT2D eigenvalue weighted by Gasteiger charge is -2.21. The standard InChI is InChI=1S/C21H25N11/c1-2-11(22)9-10(17(28)12(2)23)14(25)7-5-3-4(6(7)13(9)24)15(26)20(31)18(29)8(3)19(30)21(32)16(5)27/h22-32H2,1H3. The largest absolute Gasteiger partial charge is 0.398 e. The molecule has 0 spiro atoms. The summed E-state index contributed by atoms with van der Waals surface area (Å²) in [6.07, 6.45) is 0. The Morgan fingerprint density at radius 2 is 0.625 bits per heavy atom. The van der Waals surface area contributed by atoms with Gasteiger partial charge in [0.15, 0.2) is 0 Å². The summed E-state index contributed by atoms with van der Waals surface area (Å²) in [5, 5.41) is 1.91. The summed E-state index contributed by atoms with van der Waals surface area (Å²) in [6.45, 7) is 1.76. The van der Waals surface area contributed by atoms with Crippen LogP contribution in [-0.2, 0) is 0 Å². The van der Waals surface area contributed by atoms with Crippen LogP contribution >= 0.6 is 0 Å². The van der Waals surface area contributed by atoms with Crippen LogP contribution in [0.15, 0.2) is 0 Å². The lowest BCUT2D eigenvalue weighted by molar-refractivity contribution is 1.50. The van der Waals surface area contributed by atoms with Crippen LogP contribution in [0.5, 0.6) is 0 Å². The maximum atomic E-state index is 6.70. The Balaban J connectivity index is 2.20. The van der Waals surface area contributed by atoms with Gasteiger partial charge in [-0.1, -0.05) is 0 Å². The molecule has 0 heterocycles. The van der Waals surface area contributed by atoms with Gasteiger partial charge in [0, 0.05) is 49.5 Å². The summed E-state index contributed by atoms with van der Waals surface area (Å²) < 4.78 is 0. The molecule has 0 aromatic heterocycles. The lowest BCUT2D eigenvalue weighted by Crippen LogP contribution is -2.08. The van der Waals surface area contributed by atoms with E-state index in [1.807, 2.05) is 0 Å². The minimum atomic E-state index is 0.149. The first-order valence-electron chi connectivity index (χ1n) is 9.68. The number of benzene rings is 4. The van der Waals surface area contributed by atoms with Crippen molar-refractivity contribution >= 4 is 84.1 Å². The Hall–Kier alpha value is -4.80. The molecule has 4 aromatic carbocycles. The van der Waals surface area contributed by atoms with Crippen molar-refractivity contribution in [1.29, 1.82) is 0 Å². The number of fused-ring (bicyclic) bond motifs is 4. The lowest BCUT2D eigenvalue weighted by atomic mass is 9.90. The van der Waals surface area contributed by atoms with Gasteiger partial charge in [-0.25, -0.2) is 0 Å². The summed E-state index contributed by atoms with van der Waals surface area (Å²) in [6, 6.07) is 0. The fourth-order valence-electron chi connectivity index (χ4n) is 4.94. The van der Waals surface area contributed by atoms with Gasteiger partial charge < -0.3 is 63.1 Å². The minimum absolute atomic E-state index is 0.149. The van der Waals surface area contributed by atoms with Crippen LogP contribution in [0.25, 0.3) is 43.8 Å². The number of hydrogen-bond acceptors (Lipinski definition) is 11. The van der Waals surface area contributed by atoms with E-state index in [0.29, 0.717) is 66.4 Å². The van der Waals surface area contributed by atoms with Gasteiger partial charge in [0.25, 0.3) is 0 Å². The van der Waals surface area contributed by atoms with E-state index in [4.69, 9.17) is 63.1 Å². The van der Waals surface area contributed by atoms with Crippen molar-refractivity contribution in [3.8, 4) is 22.3 Å². The molecule has 0 saturated carbocycles. The molecule has 0 radical (unpaired) electrons. The van der Waals surface area contributed by atoms with Crippen molar-refractivity contribution in [2.24, 2.45) is 0 Å². The van der Waals surface area contributed by atoms with E-state index in [0.717, 1.165) is 0 Å². The number of anilines is 11. The number of nitrogen functional groups attached to an aromatic ring is 11. The fourth-order valence-corrected chi connectivity index (χ4v) is 4.94. The second-order valence-corrected chi connectivity index (χ2v) is 8.18. The topological polar surface area (TPSA) is 286 Å². The molecule has 0 atom stereocenters. The smallest absolute Gasteiger partial charge is 0.0795 e. The average Bonchev–Trinajstić information content (AvgIpc) is 3.11. The van der Waals surface area contributed by atoms with Crippen molar-refractivity contribution in [2.45, 2.75) is 6.92 Å². The molecule has 0 fully saturated rings. The normalized spacial score (nSPS) is 12.0. The van der Waals surface area contributed by atoms with Crippen LogP contribution in [0.1, 0.15) is 5.56 Å². The van der Waals surface area contributed by atoms with Gasteiger partial charge in [0.1, 0.15) is 0 Å². The second kappa shape index (κ2) is 5.46. The highest BCUT2D eigenvalue weighted by molar-refractivity contribution is 6.37. The zero-order valence-corrected chi connectivity index (χ0v) is 17.4. The van der Waals surface area contributed by atoms with Crippen molar-refractivity contribution in [3.63, 3.8) is 0 Å². The highest BCUT2D eigenvalue weighted by atomic mass is 14.8. The zero-order valence-electron chi connectivity index (χ0n) is 17.4. The summed E-state index contributed by atoms with van der Waals surface area (Å²) in [4.78, 5) is 0. The van der Waals surface area contributed by atoms with Gasteiger partial charge in [-0.2, -0.15) is 0 Å². The molecule has 1 aliphatic rings. The summed E-state index contributed by atoms with van der Waals surface area (Å²) >= 11 is 0.